The van der Waals surface area contributed by atoms with Crippen molar-refractivity contribution in [3.63, 3.8) is 0 Å². The number of rotatable bonds is 16. The summed E-state index contributed by atoms with van der Waals surface area (Å²) in [6.07, 6.45) is 32.3. The number of ether oxygens (including phenoxy) is 1. The third-order valence-electron chi connectivity index (χ3n) is 4.44. The fourth-order valence-electron chi connectivity index (χ4n) is 2.63. The van der Waals surface area contributed by atoms with Gasteiger partial charge in [0.25, 0.3) is 5.56 Å². The number of nitrogens with one attached hydrogen (secondary N) is 1. The van der Waals surface area contributed by atoms with Crippen molar-refractivity contribution in [1.29, 1.82) is 0 Å². The van der Waals surface area contributed by atoms with Gasteiger partial charge in [0.1, 0.15) is 0 Å². The lowest BCUT2D eigenvalue weighted by atomic mass is 10.2. The van der Waals surface area contributed by atoms with Crippen LogP contribution in [0.2, 0.25) is 0 Å². The first-order valence-corrected chi connectivity index (χ1v) is 11.6. The van der Waals surface area contributed by atoms with Crippen LogP contribution in [-0.2, 0) is 16.3 Å². The van der Waals surface area contributed by atoms with Crippen LogP contribution in [0.25, 0.3) is 0 Å². The molecule has 1 aromatic heterocycles. The van der Waals surface area contributed by atoms with Crippen molar-refractivity contribution in [2.24, 2.45) is 0 Å². The summed E-state index contributed by atoms with van der Waals surface area (Å²) in [5.74, 6) is -1.63. The van der Waals surface area contributed by atoms with Gasteiger partial charge in [-0.05, 0) is 44.9 Å². The van der Waals surface area contributed by atoms with Gasteiger partial charge in [-0.2, -0.15) is 4.39 Å². The molecule has 0 unspecified atom stereocenters. The summed E-state index contributed by atoms with van der Waals surface area (Å²) >= 11 is 0. The molecule has 0 aliphatic heterocycles. The third-order valence-corrected chi connectivity index (χ3v) is 4.44. The molecule has 0 spiro atoms. The van der Waals surface area contributed by atoms with Gasteiger partial charge >= 0.3 is 11.7 Å². The highest BCUT2D eigenvalue weighted by atomic mass is 19.1. The zero-order valence-electron chi connectivity index (χ0n) is 19.8. The highest BCUT2D eigenvalue weighted by Crippen LogP contribution is 1.99. The van der Waals surface area contributed by atoms with Crippen LogP contribution in [0.1, 0.15) is 58.3 Å². The predicted octanol–water partition coefficient (Wildman–Crippen LogP) is 5.65. The molecule has 0 fully saturated rings. The Morgan fingerprint density at radius 2 is 1.32 bits per heavy atom. The molecule has 0 saturated carbocycles. The number of esters is 1. The molecule has 1 aromatic rings. The highest BCUT2D eigenvalue weighted by Gasteiger charge is 2.06. The van der Waals surface area contributed by atoms with E-state index in [1.54, 1.807) is 4.98 Å². The second-order valence-corrected chi connectivity index (χ2v) is 7.31. The number of allylic oxidation sites excluding steroid dienone is 12. The van der Waals surface area contributed by atoms with Crippen LogP contribution in [0, 0.1) is 5.82 Å². The normalized spacial score (nSPS) is 12.5. The lowest BCUT2D eigenvalue weighted by Crippen LogP contribution is -2.32. The van der Waals surface area contributed by atoms with Crippen molar-refractivity contribution < 1.29 is 13.9 Å². The Morgan fingerprint density at radius 3 is 1.82 bits per heavy atom. The molecule has 6 nitrogen and oxygen atoms in total. The van der Waals surface area contributed by atoms with E-state index in [4.69, 9.17) is 4.74 Å². The molecule has 0 radical (unpaired) electrons. The fourth-order valence-corrected chi connectivity index (χ4v) is 2.63. The Labute approximate surface area is 200 Å². The van der Waals surface area contributed by atoms with E-state index in [2.05, 4.69) is 67.7 Å². The van der Waals surface area contributed by atoms with Crippen molar-refractivity contribution >= 4 is 5.97 Å². The number of hydrogen-bond acceptors (Lipinski definition) is 4. The van der Waals surface area contributed by atoms with Crippen molar-refractivity contribution in [3.05, 3.63) is 106 Å². The van der Waals surface area contributed by atoms with Gasteiger partial charge in [0.05, 0.1) is 6.20 Å². The molecule has 7 heteroatoms. The van der Waals surface area contributed by atoms with Gasteiger partial charge in [0, 0.05) is 6.42 Å². The quantitative estimate of drug-likeness (QED) is 0.250. The van der Waals surface area contributed by atoms with E-state index in [1.165, 1.54) is 0 Å². The number of hydrogen-bond donors (Lipinski definition) is 1. The summed E-state index contributed by atoms with van der Waals surface area (Å²) < 4.78 is 18.9. The predicted molar refractivity (Wildman–Crippen MR) is 135 cm³/mol. The molecule has 0 bridgehead atoms. The van der Waals surface area contributed by atoms with E-state index >= 15 is 0 Å². The smallest absolute Gasteiger partial charge is 0.331 e. The second-order valence-electron chi connectivity index (χ2n) is 7.31. The molecule has 0 aliphatic rings. The summed E-state index contributed by atoms with van der Waals surface area (Å²) in [6.45, 7) is 1.68. The van der Waals surface area contributed by atoms with E-state index in [0.717, 1.165) is 43.1 Å². The average Bonchev–Trinajstić information content (AvgIpc) is 2.82. The standard InChI is InChI=1S/C27H35FN2O4/c1-2-3-4-5-6-7-8-9-10-11-12-13-14-15-16-17-18-19-20-21-25(31)34-23-30-22-24(28)26(32)29-27(30)33/h3-4,6-7,9-10,12-13,15-16,18-19,22H,2,5,8,11,14,17,20-21,23H2,1H3,(H,29,32,33). The summed E-state index contributed by atoms with van der Waals surface area (Å²) in [6, 6.07) is 0. The number of H-pyrrole nitrogens is 1. The molecule has 0 aromatic carbocycles. The zero-order chi connectivity index (χ0) is 24.9. The number of carbonyl (C=O) groups excluding carboxylic acids is 1. The molecule has 0 saturated heterocycles. The Kier molecular flexibility index (Phi) is 16.0. The maximum absolute atomic E-state index is 13.2. The van der Waals surface area contributed by atoms with Crippen molar-refractivity contribution in [2.75, 3.05) is 0 Å². The van der Waals surface area contributed by atoms with Crippen LogP contribution >= 0.6 is 0 Å². The van der Waals surface area contributed by atoms with Gasteiger partial charge in [0.2, 0.25) is 5.82 Å². The first-order valence-electron chi connectivity index (χ1n) is 11.6. The van der Waals surface area contributed by atoms with Crippen LogP contribution in [0.15, 0.2) is 88.7 Å². The fraction of sp³-hybridized carbons (Fsp3) is 0.370. The van der Waals surface area contributed by atoms with Crippen LogP contribution in [0.4, 0.5) is 4.39 Å². The van der Waals surface area contributed by atoms with Crippen molar-refractivity contribution in [3.8, 4) is 0 Å². The van der Waals surface area contributed by atoms with Gasteiger partial charge in [-0.15, -0.1) is 0 Å². The van der Waals surface area contributed by atoms with Crippen molar-refractivity contribution in [2.45, 2.75) is 65.0 Å². The molecule has 1 rings (SSSR count). The maximum atomic E-state index is 13.2. The van der Waals surface area contributed by atoms with Crippen molar-refractivity contribution in [1.82, 2.24) is 9.55 Å². The first kappa shape index (κ1) is 28.6. The summed E-state index contributed by atoms with van der Waals surface area (Å²) in [5, 5.41) is 0. The molecule has 0 atom stereocenters. The number of halogens is 1. The molecule has 184 valence electrons. The van der Waals surface area contributed by atoms with Crippen LogP contribution in [0.3, 0.4) is 0 Å². The van der Waals surface area contributed by atoms with Crippen LogP contribution in [0.5, 0.6) is 0 Å². The highest BCUT2D eigenvalue weighted by molar-refractivity contribution is 5.69. The number of aromatic nitrogens is 2. The maximum Gasteiger partial charge on any atom is 0.331 e. The molecule has 34 heavy (non-hydrogen) atoms. The Balaban J connectivity index is 2.07. The topological polar surface area (TPSA) is 81.2 Å². The van der Waals surface area contributed by atoms with E-state index in [0.29, 0.717) is 12.6 Å². The molecule has 0 amide bonds. The summed E-state index contributed by atoms with van der Waals surface area (Å²) in [5.41, 5.74) is -1.94. The van der Waals surface area contributed by atoms with Gasteiger partial charge in [-0.1, -0.05) is 79.8 Å². The minimum atomic E-state index is -1.12. The average molecular weight is 471 g/mol. The number of nitrogens with zero attached hydrogens (tertiary/aromatic N) is 1. The Morgan fingerprint density at radius 1 is 0.853 bits per heavy atom. The Bertz CT molecular complexity index is 1010. The van der Waals surface area contributed by atoms with E-state index in [-0.39, 0.29) is 6.42 Å². The van der Waals surface area contributed by atoms with Crippen LogP contribution < -0.4 is 11.2 Å². The van der Waals surface area contributed by atoms with E-state index in [1.807, 2.05) is 12.2 Å². The second kappa shape index (κ2) is 19.0. The summed E-state index contributed by atoms with van der Waals surface area (Å²) in [7, 11) is 0. The van der Waals surface area contributed by atoms with Gasteiger partial charge < -0.3 is 4.74 Å². The Hall–Kier alpha value is -3.48. The minimum absolute atomic E-state index is 0.142. The van der Waals surface area contributed by atoms with Gasteiger partial charge in [-0.25, -0.2) is 4.79 Å². The minimum Gasteiger partial charge on any atom is -0.444 e. The SMILES string of the molecule is CCC=CCC=CCC=CCC=CCC=CCC=CCCC(=O)OCn1cc(F)c(=O)[nH]c1=O. The molecular formula is C27H35FN2O4. The van der Waals surface area contributed by atoms with Gasteiger partial charge in [-0.3, -0.25) is 19.1 Å². The summed E-state index contributed by atoms with van der Waals surface area (Å²) in [4.78, 5) is 35.9. The number of aromatic amines is 1. The zero-order valence-corrected chi connectivity index (χ0v) is 19.8. The largest absolute Gasteiger partial charge is 0.444 e. The van der Waals surface area contributed by atoms with E-state index < -0.39 is 29.8 Å². The third kappa shape index (κ3) is 14.6. The van der Waals surface area contributed by atoms with Crippen LogP contribution in [-0.4, -0.2) is 15.5 Å². The van der Waals surface area contributed by atoms with E-state index in [9.17, 15) is 18.8 Å². The first-order chi connectivity index (χ1) is 16.5. The lowest BCUT2D eigenvalue weighted by Gasteiger charge is -2.06. The number of carbonyl (C=O) groups is 1. The lowest BCUT2D eigenvalue weighted by molar-refractivity contribution is -0.147. The molecule has 0 aliphatic carbocycles. The molecule has 1 N–H and O–H groups in total. The monoisotopic (exact) mass is 470 g/mol. The molecular weight excluding hydrogens is 435 g/mol. The molecule has 1 heterocycles. The van der Waals surface area contributed by atoms with Gasteiger partial charge in [0.15, 0.2) is 6.73 Å².